The predicted octanol–water partition coefficient (Wildman–Crippen LogP) is 21.8. The normalized spacial score (nSPS) is 17.7. The minimum Gasteiger partial charge on any atom is -0.347 e. The fourth-order valence-corrected chi connectivity index (χ4v) is 19.4. The first kappa shape index (κ1) is 85.8. The second-order valence-corrected chi connectivity index (χ2v) is 35.5. The van der Waals surface area contributed by atoms with E-state index in [4.69, 9.17) is 4.98 Å². The second kappa shape index (κ2) is 33.9. The van der Waals surface area contributed by atoms with E-state index in [1.165, 1.54) is 72.8 Å². The zero-order valence-corrected chi connectivity index (χ0v) is 76.2. The molecule has 628 valence electrons. The monoisotopic (exact) mass is 1610 g/mol. The maximum absolute atomic E-state index is 4.86. The molecule has 12 aromatic rings. The minimum absolute atomic E-state index is 0.0797. The second-order valence-electron chi connectivity index (χ2n) is 35.5. The van der Waals surface area contributed by atoms with E-state index in [1.807, 2.05) is 54.9 Å². The number of hydrogen-bond acceptors (Lipinski definition) is 14. The molecular weight excluding hydrogens is 1480 g/mol. The molecule has 5 aliphatic rings. The average Bonchev–Trinajstić information content (AvgIpc) is 1.57. The lowest BCUT2D eigenvalue weighted by Crippen LogP contribution is -2.49. The fourth-order valence-electron chi connectivity index (χ4n) is 19.4. The molecule has 0 saturated carbocycles. The Kier molecular flexibility index (Phi) is 24.3. The van der Waals surface area contributed by atoms with Crippen LogP contribution in [0.4, 0.5) is 40.9 Å². The molecule has 17 rings (SSSR count). The van der Waals surface area contributed by atoms with E-state index in [0.717, 1.165) is 46.1 Å². The standard InChI is InChI=1S/C23H27N3.C22H26N4.2C19H26N4.C18H24N4/c1-17-11-6-7-12-19(17)23(3,4)26-18(2)25(22-15-10-16-24(22)5)20-13-8-9-14-21(20)26;1-16-10-6-7-11-18(16)22(3,4)26-15-14-25(17(26)2)21-23-19-12-8-9-13-20(19)24(21)5;1-14-9-7-8-10-17(14)19(4,5)23-12-11-22(16(23)3)18-20-13-15(2)21(18)6;1-14-9-7-8-10-17(14)19(4,5)23-12-11-22(16(23)3)18-13-15(2)20-21(18)6;1-14-8-6-7-9-16(14)18(3,4)22-13-12-21(15(22)2)17-19-10-11-20(17)5/h6-16,18H,1-5H3;6-15,17H,1-5H3;2*7-13,16H,1-6H3;6-13,15H,1-5H3/t18-;17-;2*16-;15-/m11111/s1. The molecule has 120 heavy (non-hydrogen) atoms. The van der Waals surface area contributed by atoms with Crippen LogP contribution < -0.4 is 29.4 Å². The Morgan fingerprint density at radius 3 is 1.09 bits per heavy atom. The van der Waals surface area contributed by atoms with Gasteiger partial charge < -0.3 is 52.6 Å². The number of fused-ring (bicyclic) bond motifs is 2. The molecule has 0 unspecified atom stereocenters. The summed E-state index contributed by atoms with van der Waals surface area (Å²) in [7, 11) is 10.3. The summed E-state index contributed by atoms with van der Waals surface area (Å²) in [5.74, 6) is 5.25. The summed E-state index contributed by atoms with van der Waals surface area (Å²) < 4.78 is 10.5. The zero-order valence-electron chi connectivity index (χ0n) is 76.2. The molecule has 0 saturated heterocycles. The van der Waals surface area contributed by atoms with Gasteiger partial charge in [-0.25, -0.2) is 15.0 Å². The average molecular weight is 1610 g/mol. The zero-order chi connectivity index (χ0) is 86.4. The van der Waals surface area contributed by atoms with Crippen molar-refractivity contribution in [3.05, 3.63) is 329 Å². The third kappa shape index (κ3) is 16.0. The molecule has 0 radical (unpaired) electrons. The Balaban J connectivity index is 0.000000130. The first-order chi connectivity index (χ1) is 56.9. The van der Waals surface area contributed by atoms with Crippen molar-refractivity contribution in [1.29, 1.82) is 0 Å². The van der Waals surface area contributed by atoms with Gasteiger partial charge in [0.05, 0.1) is 62.0 Å². The van der Waals surface area contributed by atoms with Crippen LogP contribution in [-0.4, -0.2) is 93.4 Å². The van der Waals surface area contributed by atoms with Crippen LogP contribution in [0.15, 0.2) is 262 Å². The van der Waals surface area contributed by atoms with Crippen LogP contribution in [0.1, 0.15) is 171 Å². The van der Waals surface area contributed by atoms with Crippen LogP contribution in [-0.2, 0) is 62.9 Å². The molecule has 5 atom stereocenters. The third-order valence-electron chi connectivity index (χ3n) is 26.0. The van der Waals surface area contributed by atoms with E-state index in [-0.39, 0.29) is 58.5 Å². The summed E-state index contributed by atoms with van der Waals surface area (Å²) in [5, 5.41) is 4.47. The largest absolute Gasteiger partial charge is 0.347 e. The van der Waals surface area contributed by atoms with Gasteiger partial charge in [-0.2, -0.15) is 5.10 Å². The van der Waals surface area contributed by atoms with Crippen molar-refractivity contribution < 1.29 is 0 Å². The fraction of sp³-hybridized carbons (Fsp3) is 0.366. The van der Waals surface area contributed by atoms with Gasteiger partial charge in [0, 0.05) is 115 Å². The highest BCUT2D eigenvalue weighted by Crippen LogP contribution is 2.51. The molecular formula is C101H129N19. The van der Waals surface area contributed by atoms with E-state index >= 15 is 0 Å². The van der Waals surface area contributed by atoms with E-state index in [9.17, 15) is 0 Å². The van der Waals surface area contributed by atoms with E-state index in [2.05, 4.69) is 482 Å². The van der Waals surface area contributed by atoms with Gasteiger partial charge in [0.15, 0.2) is 0 Å². The van der Waals surface area contributed by atoms with Gasteiger partial charge in [-0.1, -0.05) is 146 Å². The molecule has 0 bridgehead atoms. The van der Waals surface area contributed by atoms with Crippen LogP contribution in [0.3, 0.4) is 0 Å². The van der Waals surface area contributed by atoms with Gasteiger partial charge in [0.1, 0.15) is 42.5 Å². The van der Waals surface area contributed by atoms with Gasteiger partial charge in [-0.15, -0.1) is 0 Å². The quantitative estimate of drug-likeness (QED) is 0.0971. The summed E-state index contributed by atoms with van der Waals surface area (Å²) in [4.78, 5) is 37.5. The van der Waals surface area contributed by atoms with Crippen molar-refractivity contribution >= 4 is 51.9 Å². The molecule has 0 spiro atoms. The van der Waals surface area contributed by atoms with E-state index in [1.54, 1.807) is 0 Å². The predicted molar refractivity (Wildman–Crippen MR) is 498 cm³/mol. The Morgan fingerprint density at radius 1 is 0.325 bits per heavy atom. The number of para-hydroxylation sites is 4. The highest BCUT2D eigenvalue weighted by atomic mass is 15.5. The highest BCUT2D eigenvalue weighted by Gasteiger charge is 2.45. The Hall–Kier alpha value is -12.1. The minimum atomic E-state index is -0.124. The highest BCUT2D eigenvalue weighted by molar-refractivity contribution is 5.84. The number of benzene rings is 7. The molecule has 0 amide bonds. The number of imidazole rings is 3. The number of rotatable bonds is 15. The Morgan fingerprint density at radius 2 is 0.708 bits per heavy atom. The van der Waals surface area contributed by atoms with Crippen LogP contribution in [0.5, 0.6) is 0 Å². The molecule has 10 heterocycles. The molecule has 5 aliphatic heterocycles. The molecule has 0 aliphatic carbocycles. The van der Waals surface area contributed by atoms with Crippen molar-refractivity contribution in [2.24, 2.45) is 35.2 Å². The maximum Gasteiger partial charge on any atom is 0.212 e. The first-order valence-corrected chi connectivity index (χ1v) is 42.4. The van der Waals surface area contributed by atoms with Gasteiger partial charge in [-0.3, -0.25) is 19.4 Å². The van der Waals surface area contributed by atoms with Crippen LogP contribution >= 0.6 is 0 Å². The van der Waals surface area contributed by atoms with Gasteiger partial charge in [0.25, 0.3) is 0 Å². The lowest BCUT2D eigenvalue weighted by Gasteiger charge is -2.43. The number of hydrogen-bond donors (Lipinski definition) is 0. The van der Waals surface area contributed by atoms with E-state index < -0.39 is 0 Å². The van der Waals surface area contributed by atoms with Gasteiger partial charge >= 0.3 is 0 Å². The van der Waals surface area contributed by atoms with Crippen molar-refractivity contribution in [2.75, 3.05) is 29.4 Å². The summed E-state index contributed by atoms with van der Waals surface area (Å²) in [6, 6.07) is 66.7. The number of nitrogens with zero attached hydrogens (tertiary/aromatic N) is 19. The van der Waals surface area contributed by atoms with Crippen LogP contribution in [0.25, 0.3) is 11.0 Å². The van der Waals surface area contributed by atoms with Crippen LogP contribution in [0.2, 0.25) is 0 Å². The SMILES string of the molecule is Cc1cc(N2C=CN(C(C)(C)c3ccccc3C)[C@@H]2C)n(C)n1.Cc1ccccc1C(C)(C)N1C=CN(c2nc3ccccc3n2C)[C@H]1C.Cc1ccccc1C(C)(C)N1C=CN(c2ncc(C)n2C)[C@H]1C.Cc1ccccc1C(C)(C)N1C=CN(c2nccn2C)[C@H]1C.Cc1ccccc1C(C)(C)N1c2ccccc2N(c2cccn2C)[C@H]1C. The molecule has 19 heteroatoms. The summed E-state index contributed by atoms with van der Waals surface area (Å²) in [6.07, 6.45) is 26.2. The van der Waals surface area contributed by atoms with Crippen molar-refractivity contribution in [1.82, 2.24) is 62.6 Å². The maximum atomic E-state index is 4.86. The molecule has 5 aromatic heterocycles. The lowest BCUT2D eigenvalue weighted by molar-refractivity contribution is 0.151. The number of anilines is 7. The topological polar surface area (TPSA) is 109 Å². The van der Waals surface area contributed by atoms with Crippen molar-refractivity contribution in [2.45, 2.75) is 211 Å². The smallest absolute Gasteiger partial charge is 0.212 e. The van der Waals surface area contributed by atoms with Gasteiger partial charge in [-0.05, 0) is 244 Å². The van der Waals surface area contributed by atoms with Crippen molar-refractivity contribution in [3.63, 3.8) is 0 Å². The Labute approximate surface area is 715 Å². The molecule has 7 aromatic carbocycles. The summed E-state index contributed by atoms with van der Waals surface area (Å²) in [6.45, 7) is 49.2. The van der Waals surface area contributed by atoms with E-state index in [0.29, 0.717) is 0 Å². The summed E-state index contributed by atoms with van der Waals surface area (Å²) >= 11 is 0. The number of aromatic nitrogens is 9. The molecule has 0 fully saturated rings. The van der Waals surface area contributed by atoms with Crippen LogP contribution in [0, 0.1) is 48.5 Å². The molecule has 0 N–H and O–H groups in total. The summed E-state index contributed by atoms with van der Waals surface area (Å²) in [5.41, 5.74) is 19.9. The lowest BCUT2D eigenvalue weighted by atomic mass is 9.88. The third-order valence-corrected chi connectivity index (χ3v) is 26.0. The first-order valence-electron chi connectivity index (χ1n) is 42.4. The molecule has 19 nitrogen and oxygen atoms in total. The van der Waals surface area contributed by atoms with Crippen molar-refractivity contribution in [3.8, 4) is 0 Å². The number of aryl methyl sites for hydroxylation is 11. The van der Waals surface area contributed by atoms with Gasteiger partial charge in [0.2, 0.25) is 17.8 Å². The Bertz CT molecular complexity index is 5620.